The molecule has 150 valence electrons. The molecule has 0 unspecified atom stereocenters. The average molecular weight is 451 g/mol. The minimum Gasteiger partial charge on any atom is -0.506 e. The number of carbonyl (C=O) groups is 2. The molecule has 3 N–H and O–H groups in total. The molecule has 0 saturated carbocycles. The van der Waals surface area contributed by atoms with Gasteiger partial charge in [0.1, 0.15) is 26.4 Å². The first kappa shape index (κ1) is 20.8. The van der Waals surface area contributed by atoms with Crippen molar-refractivity contribution in [1.82, 2.24) is 9.97 Å². The van der Waals surface area contributed by atoms with Gasteiger partial charge in [-0.05, 0) is 19.4 Å². The van der Waals surface area contributed by atoms with E-state index in [2.05, 4.69) is 15.3 Å². The fourth-order valence-electron chi connectivity index (χ4n) is 2.38. The summed E-state index contributed by atoms with van der Waals surface area (Å²) in [5.41, 5.74) is 0.468. The van der Waals surface area contributed by atoms with Gasteiger partial charge in [-0.25, -0.2) is 9.78 Å². The second-order valence-electron chi connectivity index (χ2n) is 5.61. The Bertz CT molecular complexity index is 1200. The zero-order chi connectivity index (χ0) is 21.1. The molecule has 3 heterocycles. The zero-order valence-electron chi connectivity index (χ0n) is 15.2. The number of thioether (sulfide) groups is 1. The number of nitrogens with zero attached hydrogens (tertiary/aromatic N) is 2. The van der Waals surface area contributed by atoms with Gasteiger partial charge in [0.25, 0.3) is 5.56 Å². The van der Waals surface area contributed by atoms with Crippen LogP contribution in [0.2, 0.25) is 0 Å². The van der Waals surface area contributed by atoms with Crippen LogP contribution in [0.25, 0.3) is 10.3 Å². The molecule has 0 saturated heterocycles. The Kier molecular flexibility index (Phi) is 6.21. The fraction of sp³-hybridized carbons (Fsp3) is 0.235. The summed E-state index contributed by atoms with van der Waals surface area (Å²) in [4.78, 5) is 42.7. The first-order chi connectivity index (χ1) is 13.8. The van der Waals surface area contributed by atoms with Gasteiger partial charge in [0.15, 0.2) is 9.99 Å². The number of pyridine rings is 1. The molecule has 1 amide bonds. The fourth-order valence-corrected chi connectivity index (χ4v) is 5.26. The summed E-state index contributed by atoms with van der Waals surface area (Å²) < 4.78 is 5.88. The molecule has 0 aliphatic heterocycles. The molecule has 0 aromatic carbocycles. The van der Waals surface area contributed by atoms with Crippen molar-refractivity contribution in [3.8, 4) is 11.8 Å². The van der Waals surface area contributed by atoms with Crippen LogP contribution in [-0.4, -0.2) is 39.3 Å². The average Bonchev–Trinajstić information content (AvgIpc) is 3.21. The summed E-state index contributed by atoms with van der Waals surface area (Å²) in [5.74, 6) is -1.11. The number of thiophene rings is 1. The first-order valence-electron chi connectivity index (χ1n) is 8.20. The number of esters is 1. The minimum absolute atomic E-state index is 0.0125. The predicted octanol–water partition coefficient (Wildman–Crippen LogP) is 2.84. The van der Waals surface area contributed by atoms with Crippen molar-refractivity contribution in [3.63, 3.8) is 0 Å². The Hall–Kier alpha value is -2.88. The Morgan fingerprint density at radius 2 is 2.21 bits per heavy atom. The molecule has 3 rings (SSSR count). The van der Waals surface area contributed by atoms with Gasteiger partial charge >= 0.3 is 5.97 Å². The Labute approximate surface area is 176 Å². The molecule has 3 aromatic rings. The molecule has 9 nitrogen and oxygen atoms in total. The summed E-state index contributed by atoms with van der Waals surface area (Å²) in [7, 11) is 0. The van der Waals surface area contributed by atoms with Crippen molar-refractivity contribution >= 4 is 61.7 Å². The van der Waals surface area contributed by atoms with E-state index >= 15 is 0 Å². The Morgan fingerprint density at radius 3 is 2.90 bits per heavy atom. The van der Waals surface area contributed by atoms with Gasteiger partial charge in [-0.2, -0.15) is 5.26 Å². The molecule has 0 aliphatic carbocycles. The maximum Gasteiger partial charge on any atom is 0.348 e. The van der Waals surface area contributed by atoms with Gasteiger partial charge in [0, 0.05) is 6.07 Å². The summed E-state index contributed by atoms with van der Waals surface area (Å²) >= 11 is 3.26. The third kappa shape index (κ3) is 4.42. The maximum atomic E-state index is 12.3. The zero-order valence-corrected chi connectivity index (χ0v) is 17.6. The number of nitrogens with one attached hydrogen (secondary N) is 2. The van der Waals surface area contributed by atoms with Crippen LogP contribution < -0.4 is 10.9 Å². The van der Waals surface area contributed by atoms with Gasteiger partial charge in [-0.1, -0.05) is 11.8 Å². The molecule has 0 aliphatic rings. The summed E-state index contributed by atoms with van der Waals surface area (Å²) in [6.45, 7) is 3.52. The number of rotatable bonds is 6. The number of aromatic hydroxyl groups is 1. The van der Waals surface area contributed by atoms with Crippen LogP contribution in [0.3, 0.4) is 0 Å². The lowest BCUT2D eigenvalue weighted by atomic mass is 10.2. The number of anilines is 1. The van der Waals surface area contributed by atoms with Crippen LogP contribution in [-0.2, 0) is 9.53 Å². The number of carbonyl (C=O) groups excluding carboxylic acids is 2. The first-order valence-corrected chi connectivity index (χ1v) is 10.8. The largest absolute Gasteiger partial charge is 0.506 e. The van der Waals surface area contributed by atoms with Gasteiger partial charge in [-0.15, -0.1) is 22.7 Å². The highest BCUT2D eigenvalue weighted by atomic mass is 32.2. The molecule has 29 heavy (non-hydrogen) atoms. The van der Waals surface area contributed by atoms with E-state index in [0.717, 1.165) is 40.5 Å². The predicted molar refractivity (Wildman–Crippen MR) is 111 cm³/mol. The number of aromatic nitrogens is 2. The van der Waals surface area contributed by atoms with Crippen LogP contribution in [0.1, 0.15) is 27.7 Å². The summed E-state index contributed by atoms with van der Waals surface area (Å²) in [5, 5.41) is 22.1. The quantitative estimate of drug-likeness (QED) is 0.384. The van der Waals surface area contributed by atoms with Crippen molar-refractivity contribution in [1.29, 1.82) is 5.26 Å². The van der Waals surface area contributed by atoms with Gasteiger partial charge in [0.05, 0.1) is 17.9 Å². The molecule has 0 radical (unpaired) electrons. The molecule has 12 heteroatoms. The topological polar surface area (TPSA) is 145 Å². The van der Waals surface area contributed by atoms with Crippen molar-refractivity contribution < 1.29 is 19.4 Å². The summed E-state index contributed by atoms with van der Waals surface area (Å²) in [6, 6.07) is 3.06. The minimum atomic E-state index is -0.537. The summed E-state index contributed by atoms with van der Waals surface area (Å²) in [6.07, 6.45) is 0. The lowest BCUT2D eigenvalue weighted by molar-refractivity contribution is -0.113. The van der Waals surface area contributed by atoms with E-state index in [1.165, 1.54) is 0 Å². The third-order valence-electron chi connectivity index (χ3n) is 3.65. The highest BCUT2D eigenvalue weighted by Crippen LogP contribution is 2.35. The van der Waals surface area contributed by atoms with Crippen molar-refractivity contribution in [2.75, 3.05) is 17.7 Å². The molecular formula is C17H14N4O5S3. The normalized spacial score (nSPS) is 10.7. The van der Waals surface area contributed by atoms with E-state index in [1.54, 1.807) is 13.8 Å². The van der Waals surface area contributed by atoms with E-state index in [4.69, 9.17) is 4.74 Å². The lowest BCUT2D eigenvalue weighted by Crippen LogP contribution is -2.13. The Morgan fingerprint density at radius 1 is 1.45 bits per heavy atom. The van der Waals surface area contributed by atoms with Crippen molar-refractivity contribution in [2.45, 2.75) is 18.2 Å². The number of fused-ring (bicyclic) bond motifs is 1. The molecule has 0 atom stereocenters. The van der Waals surface area contributed by atoms with E-state index in [-0.39, 0.29) is 45.1 Å². The van der Waals surface area contributed by atoms with Crippen LogP contribution in [0.4, 0.5) is 5.00 Å². The van der Waals surface area contributed by atoms with Crippen LogP contribution in [0.5, 0.6) is 5.75 Å². The number of hydrogen-bond acceptors (Lipinski definition) is 10. The third-order valence-corrected chi connectivity index (χ3v) is 7.06. The highest BCUT2D eigenvalue weighted by molar-refractivity contribution is 8.01. The van der Waals surface area contributed by atoms with Gasteiger partial charge < -0.3 is 20.1 Å². The van der Waals surface area contributed by atoms with Gasteiger partial charge in [-0.3, -0.25) is 9.59 Å². The van der Waals surface area contributed by atoms with E-state index in [9.17, 15) is 24.8 Å². The number of hydrogen-bond donors (Lipinski definition) is 3. The SMILES string of the molecule is CCOC(=O)c1sc(NC(=O)CSc2nc3[nH]c(=O)cc(O)c3s2)c(C#N)c1C. The van der Waals surface area contributed by atoms with E-state index in [0.29, 0.717) is 14.6 Å². The number of ether oxygens (including phenoxy) is 1. The van der Waals surface area contributed by atoms with Crippen molar-refractivity contribution in [2.24, 2.45) is 0 Å². The second kappa shape index (κ2) is 8.64. The van der Waals surface area contributed by atoms with Crippen LogP contribution >= 0.6 is 34.4 Å². The number of aromatic amines is 1. The molecular weight excluding hydrogens is 436 g/mol. The second-order valence-corrected chi connectivity index (χ2v) is 8.85. The number of H-pyrrole nitrogens is 1. The lowest BCUT2D eigenvalue weighted by Gasteiger charge is -2.01. The molecule has 0 bridgehead atoms. The molecule has 0 fully saturated rings. The number of amides is 1. The highest BCUT2D eigenvalue weighted by Gasteiger charge is 2.22. The van der Waals surface area contributed by atoms with Crippen molar-refractivity contribution in [3.05, 3.63) is 32.4 Å². The van der Waals surface area contributed by atoms with E-state index < -0.39 is 11.5 Å². The van der Waals surface area contributed by atoms with Gasteiger partial charge in [0.2, 0.25) is 5.91 Å². The maximum absolute atomic E-state index is 12.3. The monoisotopic (exact) mass is 450 g/mol. The molecule has 3 aromatic heterocycles. The van der Waals surface area contributed by atoms with Crippen LogP contribution in [0, 0.1) is 18.3 Å². The van der Waals surface area contributed by atoms with E-state index in [1.807, 2.05) is 6.07 Å². The standard InChI is InChI=1S/C17H14N4O5S3/c1-3-26-16(25)12-7(2)8(5-18)15(28-12)20-11(24)6-27-17-21-14-13(29-17)9(22)4-10(23)19-14/h4H,3,6H2,1-2H3,(H,20,24)(H2,19,22,23). The smallest absolute Gasteiger partial charge is 0.348 e. The van der Waals surface area contributed by atoms with Crippen LogP contribution in [0.15, 0.2) is 15.2 Å². The number of thiazole rings is 1. The Balaban J connectivity index is 1.72. The number of nitriles is 1. The molecule has 0 spiro atoms.